The van der Waals surface area contributed by atoms with Crippen LogP contribution in [0.15, 0.2) is 48.5 Å². The molecular formula is C20H25N3O3. The zero-order chi connectivity index (χ0) is 18.9. The normalized spacial score (nSPS) is 10.2. The van der Waals surface area contributed by atoms with E-state index < -0.39 is 5.91 Å². The van der Waals surface area contributed by atoms with Crippen LogP contribution in [0.2, 0.25) is 0 Å². The third-order valence-corrected chi connectivity index (χ3v) is 4.09. The van der Waals surface area contributed by atoms with Crippen molar-refractivity contribution in [3.8, 4) is 5.75 Å². The number of rotatable bonds is 8. The minimum atomic E-state index is -0.431. The van der Waals surface area contributed by atoms with E-state index in [1.54, 1.807) is 18.1 Å². The molecule has 0 saturated heterocycles. The fourth-order valence-electron chi connectivity index (χ4n) is 2.57. The number of carbonyl (C=O) groups excluding carboxylic acids is 2. The van der Waals surface area contributed by atoms with Gasteiger partial charge in [0.2, 0.25) is 5.91 Å². The van der Waals surface area contributed by atoms with Crippen LogP contribution >= 0.6 is 0 Å². The molecule has 0 atom stereocenters. The van der Waals surface area contributed by atoms with E-state index in [1.807, 2.05) is 49.4 Å². The Morgan fingerprint density at radius 2 is 1.85 bits per heavy atom. The number of benzene rings is 2. The summed E-state index contributed by atoms with van der Waals surface area (Å²) in [4.78, 5) is 25.4. The topological polar surface area (TPSA) is 84.7 Å². The number of ether oxygens (including phenoxy) is 1. The molecule has 3 N–H and O–H groups in total. The minimum absolute atomic E-state index is 0.124. The first-order valence-corrected chi connectivity index (χ1v) is 8.52. The Balaban J connectivity index is 2.05. The average Bonchev–Trinajstić information content (AvgIpc) is 2.63. The van der Waals surface area contributed by atoms with Crippen molar-refractivity contribution in [3.05, 3.63) is 59.7 Å². The fraction of sp³-hybridized carbons (Fsp3) is 0.300. The quantitative estimate of drug-likeness (QED) is 0.763. The Bertz CT molecular complexity index is 747. The Labute approximate surface area is 153 Å². The van der Waals surface area contributed by atoms with Crippen LogP contribution in [0.25, 0.3) is 0 Å². The highest BCUT2D eigenvalue weighted by molar-refractivity contribution is 5.90. The number of anilines is 1. The predicted molar refractivity (Wildman–Crippen MR) is 102 cm³/mol. The first-order chi connectivity index (χ1) is 12.5. The number of carbonyl (C=O) groups is 2. The summed E-state index contributed by atoms with van der Waals surface area (Å²) in [6, 6.07) is 15.1. The molecule has 138 valence electrons. The maximum atomic E-state index is 12.7. The number of primary amides is 1. The van der Waals surface area contributed by atoms with Crippen molar-refractivity contribution in [1.29, 1.82) is 0 Å². The third-order valence-electron chi connectivity index (χ3n) is 4.09. The number of methoxy groups -OCH3 is 1. The van der Waals surface area contributed by atoms with Gasteiger partial charge >= 0.3 is 6.03 Å². The van der Waals surface area contributed by atoms with Gasteiger partial charge in [-0.3, -0.25) is 4.79 Å². The van der Waals surface area contributed by atoms with Gasteiger partial charge in [-0.25, -0.2) is 4.79 Å². The molecule has 0 aromatic heterocycles. The van der Waals surface area contributed by atoms with Crippen LogP contribution in [0.5, 0.6) is 5.75 Å². The molecule has 2 aromatic rings. The number of amides is 3. The maximum Gasteiger partial charge on any atom is 0.321 e. The summed E-state index contributed by atoms with van der Waals surface area (Å²) in [5.74, 6) is 0.273. The first-order valence-electron chi connectivity index (χ1n) is 8.52. The van der Waals surface area contributed by atoms with E-state index in [9.17, 15) is 9.59 Å². The van der Waals surface area contributed by atoms with Crippen LogP contribution in [-0.4, -0.2) is 37.0 Å². The molecule has 0 spiro atoms. The Kier molecular flexibility index (Phi) is 7.02. The predicted octanol–water partition coefficient (Wildman–Crippen LogP) is 2.96. The molecule has 3 amide bonds. The Morgan fingerprint density at radius 1 is 1.12 bits per heavy atom. The molecule has 0 saturated carbocycles. The molecule has 0 heterocycles. The van der Waals surface area contributed by atoms with Crippen LogP contribution in [0.4, 0.5) is 10.5 Å². The van der Waals surface area contributed by atoms with Gasteiger partial charge in [0, 0.05) is 31.3 Å². The van der Waals surface area contributed by atoms with Crippen molar-refractivity contribution in [2.45, 2.75) is 19.8 Å². The number of urea groups is 1. The second kappa shape index (κ2) is 9.46. The smallest absolute Gasteiger partial charge is 0.321 e. The fourth-order valence-corrected chi connectivity index (χ4v) is 2.57. The molecule has 0 aliphatic heterocycles. The van der Waals surface area contributed by atoms with Crippen LogP contribution in [0.1, 0.15) is 17.5 Å². The molecule has 0 fully saturated rings. The van der Waals surface area contributed by atoms with E-state index in [0.717, 1.165) is 11.1 Å². The summed E-state index contributed by atoms with van der Waals surface area (Å²) < 4.78 is 5.29. The molecule has 0 unspecified atom stereocenters. The van der Waals surface area contributed by atoms with Crippen LogP contribution in [0.3, 0.4) is 0 Å². The SMILES string of the molecule is COc1cc(NC(=O)N(CCC(N)=O)CCc2ccccc2)ccc1C. The molecule has 2 rings (SSSR count). The van der Waals surface area contributed by atoms with Crippen molar-refractivity contribution in [1.82, 2.24) is 4.90 Å². The summed E-state index contributed by atoms with van der Waals surface area (Å²) in [5, 5.41) is 2.86. The van der Waals surface area contributed by atoms with E-state index in [1.165, 1.54) is 0 Å². The van der Waals surface area contributed by atoms with Crippen molar-refractivity contribution < 1.29 is 14.3 Å². The van der Waals surface area contributed by atoms with Gasteiger partial charge in [0.15, 0.2) is 0 Å². The molecule has 0 aliphatic rings. The summed E-state index contributed by atoms with van der Waals surface area (Å²) in [7, 11) is 1.59. The zero-order valence-electron chi connectivity index (χ0n) is 15.2. The highest BCUT2D eigenvalue weighted by Gasteiger charge is 2.15. The summed E-state index contributed by atoms with van der Waals surface area (Å²) in [5.41, 5.74) is 7.99. The van der Waals surface area contributed by atoms with Gasteiger partial charge in [-0.1, -0.05) is 36.4 Å². The van der Waals surface area contributed by atoms with Gasteiger partial charge < -0.3 is 20.7 Å². The highest BCUT2D eigenvalue weighted by atomic mass is 16.5. The van der Waals surface area contributed by atoms with Crippen molar-refractivity contribution in [3.63, 3.8) is 0 Å². The number of nitrogens with one attached hydrogen (secondary N) is 1. The van der Waals surface area contributed by atoms with Crippen molar-refractivity contribution >= 4 is 17.6 Å². The molecule has 0 radical (unpaired) electrons. The van der Waals surface area contributed by atoms with Crippen LogP contribution in [0, 0.1) is 6.92 Å². The molecule has 26 heavy (non-hydrogen) atoms. The van der Waals surface area contributed by atoms with Gasteiger partial charge in [0.1, 0.15) is 5.75 Å². The summed E-state index contributed by atoms with van der Waals surface area (Å²) in [6.07, 6.45) is 0.823. The van der Waals surface area contributed by atoms with Crippen LogP contribution < -0.4 is 15.8 Å². The third kappa shape index (κ3) is 5.81. The standard InChI is InChI=1S/C20H25N3O3/c1-15-8-9-17(14-18(15)26-2)22-20(25)23(13-11-19(21)24)12-10-16-6-4-3-5-7-16/h3-9,14H,10-13H2,1-2H3,(H2,21,24)(H,22,25). The van der Waals surface area contributed by atoms with E-state index >= 15 is 0 Å². The lowest BCUT2D eigenvalue weighted by molar-refractivity contribution is -0.118. The van der Waals surface area contributed by atoms with Gasteiger partial charge in [-0.2, -0.15) is 0 Å². The van der Waals surface area contributed by atoms with E-state index in [4.69, 9.17) is 10.5 Å². The second-order valence-electron chi connectivity index (χ2n) is 6.05. The molecule has 6 nitrogen and oxygen atoms in total. The lowest BCUT2D eigenvalue weighted by Crippen LogP contribution is -2.38. The Hall–Kier alpha value is -3.02. The first kappa shape index (κ1) is 19.3. The molecular weight excluding hydrogens is 330 g/mol. The van der Waals surface area contributed by atoms with Crippen molar-refractivity contribution in [2.75, 3.05) is 25.5 Å². The van der Waals surface area contributed by atoms with E-state index in [-0.39, 0.29) is 19.0 Å². The lowest BCUT2D eigenvalue weighted by atomic mass is 10.1. The van der Waals surface area contributed by atoms with Crippen LogP contribution in [-0.2, 0) is 11.2 Å². The summed E-state index contributed by atoms with van der Waals surface area (Å²) >= 11 is 0. The van der Waals surface area contributed by atoms with E-state index in [2.05, 4.69) is 5.32 Å². The highest BCUT2D eigenvalue weighted by Crippen LogP contribution is 2.22. The lowest BCUT2D eigenvalue weighted by Gasteiger charge is -2.23. The number of aryl methyl sites for hydroxylation is 1. The number of nitrogens with zero attached hydrogens (tertiary/aromatic N) is 1. The van der Waals surface area contributed by atoms with Gasteiger partial charge in [0.25, 0.3) is 0 Å². The average molecular weight is 355 g/mol. The van der Waals surface area contributed by atoms with E-state index in [0.29, 0.717) is 24.4 Å². The van der Waals surface area contributed by atoms with Gasteiger partial charge in [-0.15, -0.1) is 0 Å². The minimum Gasteiger partial charge on any atom is -0.496 e. The molecule has 2 aromatic carbocycles. The monoisotopic (exact) mass is 355 g/mol. The van der Waals surface area contributed by atoms with Gasteiger partial charge in [-0.05, 0) is 30.5 Å². The largest absolute Gasteiger partial charge is 0.496 e. The van der Waals surface area contributed by atoms with Crippen molar-refractivity contribution in [2.24, 2.45) is 5.73 Å². The van der Waals surface area contributed by atoms with Gasteiger partial charge in [0.05, 0.1) is 7.11 Å². The molecule has 0 bridgehead atoms. The maximum absolute atomic E-state index is 12.7. The summed E-state index contributed by atoms with van der Waals surface area (Å²) in [6.45, 7) is 2.70. The molecule has 6 heteroatoms. The number of hydrogen-bond donors (Lipinski definition) is 2. The molecule has 0 aliphatic carbocycles. The number of hydrogen-bond acceptors (Lipinski definition) is 3. The Morgan fingerprint density at radius 3 is 2.50 bits per heavy atom. The second-order valence-corrected chi connectivity index (χ2v) is 6.05. The zero-order valence-corrected chi connectivity index (χ0v) is 15.2. The number of nitrogens with two attached hydrogens (primary N) is 1.